The van der Waals surface area contributed by atoms with E-state index in [9.17, 15) is 0 Å². The first-order valence-electron chi connectivity index (χ1n) is 8.77. The maximum Gasteiger partial charge on any atom is 0.126 e. The molecular weight excluding hydrogens is 280 g/mol. The van der Waals surface area contributed by atoms with E-state index in [0.717, 1.165) is 25.2 Å². The number of hydrogen-bond acceptors (Lipinski definition) is 1. The van der Waals surface area contributed by atoms with Crippen LogP contribution in [0.2, 0.25) is 0 Å². The predicted molar refractivity (Wildman–Crippen MR) is 101 cm³/mol. The van der Waals surface area contributed by atoms with Crippen LogP contribution in [0.4, 0.5) is 0 Å². The minimum absolute atomic E-state index is 0.0367. The maximum atomic E-state index is 6.22. The van der Waals surface area contributed by atoms with Crippen LogP contribution >= 0.6 is 0 Å². The molecule has 0 amide bonds. The zero-order valence-corrected chi connectivity index (χ0v) is 16.3. The van der Waals surface area contributed by atoms with Crippen molar-refractivity contribution in [3.63, 3.8) is 0 Å². The van der Waals surface area contributed by atoms with Crippen LogP contribution < -0.4 is 4.74 Å². The van der Waals surface area contributed by atoms with Crippen molar-refractivity contribution in [2.45, 2.75) is 85.0 Å². The molecule has 0 saturated heterocycles. The van der Waals surface area contributed by atoms with Gasteiger partial charge in [-0.3, -0.25) is 0 Å². The Hall–Kier alpha value is -1.42. The molecule has 0 radical (unpaired) electrons. The molecule has 0 aliphatic heterocycles. The number of benzene rings is 1. The summed E-state index contributed by atoms with van der Waals surface area (Å²) in [4.78, 5) is 0. The van der Waals surface area contributed by atoms with Crippen molar-refractivity contribution < 1.29 is 4.74 Å². The quantitative estimate of drug-likeness (QED) is 0.588. The molecule has 1 heteroatoms. The molecule has 0 spiro atoms. The molecular formula is C22H34O. The lowest BCUT2D eigenvalue weighted by Gasteiger charge is -2.31. The molecule has 0 aliphatic rings. The van der Waals surface area contributed by atoms with Gasteiger partial charge in [-0.25, -0.2) is 0 Å². The van der Waals surface area contributed by atoms with E-state index < -0.39 is 0 Å². The van der Waals surface area contributed by atoms with Crippen molar-refractivity contribution in [2.75, 3.05) is 6.61 Å². The largest absolute Gasteiger partial charge is 0.493 e. The summed E-state index contributed by atoms with van der Waals surface area (Å²) in [5.74, 6) is 4.24. The molecule has 0 saturated carbocycles. The Morgan fingerprint density at radius 3 is 1.87 bits per heavy atom. The van der Waals surface area contributed by atoms with E-state index >= 15 is 0 Å². The summed E-state index contributed by atoms with van der Waals surface area (Å²) in [6, 6.07) is 4.62. The highest BCUT2D eigenvalue weighted by molar-refractivity contribution is 5.51. The van der Waals surface area contributed by atoms with Crippen molar-refractivity contribution in [1.29, 1.82) is 0 Å². The van der Waals surface area contributed by atoms with Gasteiger partial charge in [0.05, 0.1) is 6.61 Å². The first-order chi connectivity index (χ1) is 10.5. The standard InChI is InChI=1S/C22H34O/c1-10-12-16(3)17-14-18(21(4,5)6)20(23-13-11-2)19(15-17)22(7,8)9/h1,14-16H,11-13H2,2-9H3. The summed E-state index contributed by atoms with van der Waals surface area (Å²) in [5, 5.41) is 0. The highest BCUT2D eigenvalue weighted by Crippen LogP contribution is 2.42. The van der Waals surface area contributed by atoms with E-state index in [1.54, 1.807) is 0 Å². The van der Waals surface area contributed by atoms with Crippen LogP contribution in [0.3, 0.4) is 0 Å². The summed E-state index contributed by atoms with van der Waals surface area (Å²) in [5.41, 5.74) is 3.97. The van der Waals surface area contributed by atoms with Gasteiger partial charge in [-0.05, 0) is 28.7 Å². The Balaban J connectivity index is 3.62. The van der Waals surface area contributed by atoms with Crippen LogP contribution in [0.1, 0.15) is 90.8 Å². The average molecular weight is 315 g/mol. The lowest BCUT2D eigenvalue weighted by Crippen LogP contribution is -2.21. The third-order valence-corrected chi connectivity index (χ3v) is 4.17. The summed E-state index contributed by atoms with van der Waals surface area (Å²) in [6.45, 7) is 18.6. The minimum Gasteiger partial charge on any atom is -0.493 e. The number of rotatable bonds is 5. The lowest BCUT2D eigenvalue weighted by molar-refractivity contribution is 0.299. The van der Waals surface area contributed by atoms with E-state index in [1.165, 1.54) is 16.7 Å². The molecule has 23 heavy (non-hydrogen) atoms. The molecule has 0 fully saturated rings. The van der Waals surface area contributed by atoms with Gasteiger partial charge in [0, 0.05) is 17.5 Å². The third kappa shape index (κ3) is 5.03. The monoisotopic (exact) mass is 314 g/mol. The first kappa shape index (κ1) is 19.6. The topological polar surface area (TPSA) is 9.23 Å². The second-order valence-electron chi connectivity index (χ2n) is 8.60. The Labute approximate surface area is 143 Å². The number of hydrogen-bond donors (Lipinski definition) is 0. The summed E-state index contributed by atoms with van der Waals surface area (Å²) < 4.78 is 6.22. The molecule has 1 nitrogen and oxygen atoms in total. The summed E-state index contributed by atoms with van der Waals surface area (Å²) >= 11 is 0. The van der Waals surface area contributed by atoms with Gasteiger partial charge < -0.3 is 4.74 Å². The summed E-state index contributed by atoms with van der Waals surface area (Å²) in [7, 11) is 0. The maximum absolute atomic E-state index is 6.22. The molecule has 0 bridgehead atoms. The van der Waals surface area contributed by atoms with Gasteiger partial charge in [0.2, 0.25) is 0 Å². The molecule has 128 valence electrons. The van der Waals surface area contributed by atoms with Crippen LogP contribution in [0, 0.1) is 12.3 Å². The van der Waals surface area contributed by atoms with Gasteiger partial charge in [0.1, 0.15) is 5.75 Å². The second kappa shape index (κ2) is 7.43. The van der Waals surface area contributed by atoms with Crippen LogP contribution in [-0.4, -0.2) is 6.61 Å². The van der Waals surface area contributed by atoms with Crippen molar-refractivity contribution in [2.24, 2.45) is 0 Å². The molecule has 1 aromatic rings. The van der Waals surface area contributed by atoms with Gasteiger partial charge >= 0.3 is 0 Å². The van der Waals surface area contributed by atoms with Crippen LogP contribution in [0.15, 0.2) is 12.1 Å². The van der Waals surface area contributed by atoms with Crippen molar-refractivity contribution >= 4 is 0 Å². The van der Waals surface area contributed by atoms with Gasteiger partial charge in [-0.15, -0.1) is 12.3 Å². The highest BCUT2D eigenvalue weighted by Gasteiger charge is 2.28. The van der Waals surface area contributed by atoms with E-state index in [1.807, 2.05) is 0 Å². The molecule has 0 aliphatic carbocycles. The fourth-order valence-corrected chi connectivity index (χ4v) is 2.70. The van der Waals surface area contributed by atoms with E-state index in [4.69, 9.17) is 11.2 Å². The Morgan fingerprint density at radius 2 is 1.52 bits per heavy atom. The molecule has 0 heterocycles. The Kier molecular flexibility index (Phi) is 6.34. The number of terminal acetylenes is 1. The molecule has 1 rings (SSSR count). The van der Waals surface area contributed by atoms with Crippen LogP contribution in [0.5, 0.6) is 5.75 Å². The zero-order chi connectivity index (χ0) is 17.8. The normalized spacial score (nSPS) is 13.5. The Bertz CT molecular complexity index is 526. The smallest absolute Gasteiger partial charge is 0.126 e. The van der Waals surface area contributed by atoms with Crippen LogP contribution in [-0.2, 0) is 10.8 Å². The molecule has 0 aromatic heterocycles. The van der Waals surface area contributed by atoms with Gasteiger partial charge in [0.15, 0.2) is 0 Å². The first-order valence-corrected chi connectivity index (χ1v) is 8.77. The minimum atomic E-state index is 0.0367. The Morgan fingerprint density at radius 1 is 1.04 bits per heavy atom. The summed E-state index contributed by atoms with van der Waals surface area (Å²) in [6.07, 6.45) is 7.32. The van der Waals surface area contributed by atoms with Gasteiger partial charge in [0.25, 0.3) is 0 Å². The van der Waals surface area contributed by atoms with Gasteiger partial charge in [-0.2, -0.15) is 0 Å². The average Bonchev–Trinajstić information content (AvgIpc) is 2.42. The predicted octanol–water partition coefficient (Wildman–Crippen LogP) is 6.20. The zero-order valence-electron chi connectivity index (χ0n) is 16.3. The number of ether oxygens (including phenoxy) is 1. The molecule has 0 N–H and O–H groups in total. The van der Waals surface area contributed by atoms with E-state index in [0.29, 0.717) is 5.92 Å². The lowest BCUT2D eigenvalue weighted by atomic mass is 9.77. The van der Waals surface area contributed by atoms with Crippen molar-refractivity contribution in [3.8, 4) is 18.1 Å². The molecule has 1 unspecified atom stereocenters. The third-order valence-electron chi connectivity index (χ3n) is 4.17. The molecule has 1 atom stereocenters. The van der Waals surface area contributed by atoms with Crippen LogP contribution in [0.25, 0.3) is 0 Å². The fourth-order valence-electron chi connectivity index (χ4n) is 2.70. The van der Waals surface area contributed by atoms with Gasteiger partial charge in [-0.1, -0.05) is 67.5 Å². The fraction of sp³-hybridized carbons (Fsp3) is 0.636. The van der Waals surface area contributed by atoms with E-state index in [2.05, 4.69) is 73.4 Å². The second-order valence-corrected chi connectivity index (χ2v) is 8.60. The van der Waals surface area contributed by atoms with E-state index in [-0.39, 0.29) is 10.8 Å². The molecule has 1 aromatic carbocycles. The SMILES string of the molecule is C#CCC(C)c1cc(C(C)(C)C)c(OCCC)c(C(C)(C)C)c1. The highest BCUT2D eigenvalue weighted by atomic mass is 16.5. The van der Waals surface area contributed by atoms with Crippen molar-refractivity contribution in [3.05, 3.63) is 28.8 Å². The van der Waals surface area contributed by atoms with Crippen molar-refractivity contribution in [1.82, 2.24) is 0 Å².